The first-order chi connectivity index (χ1) is 13.4. The van der Waals surface area contributed by atoms with Crippen molar-refractivity contribution >= 4 is 27.7 Å². The highest BCUT2D eigenvalue weighted by Gasteiger charge is 2.48. The molecule has 0 aromatic heterocycles. The van der Waals surface area contributed by atoms with Crippen LogP contribution in [-0.2, 0) is 10.0 Å². The smallest absolute Gasteiger partial charge is 0.254 e. The summed E-state index contributed by atoms with van der Waals surface area (Å²) in [7, 11) is -3.49. The summed E-state index contributed by atoms with van der Waals surface area (Å²) in [5, 5.41) is 0. The summed E-state index contributed by atoms with van der Waals surface area (Å²) >= 11 is 1.79. The van der Waals surface area contributed by atoms with E-state index in [1.165, 1.54) is 0 Å². The first-order valence-electron chi connectivity index (χ1n) is 9.50. The fraction of sp³-hybridized carbons (Fsp3) is 0.381. The first kappa shape index (κ1) is 19.5. The van der Waals surface area contributed by atoms with E-state index in [1.54, 1.807) is 28.2 Å². The number of aryl methyl sites for hydroxylation is 1. The molecule has 0 atom stereocenters. The SMILES string of the molecule is Cc1ccc(S(=O)(=O)N2CCC3(CC2)SCCN3C(=O)c2ccccc2)cc1. The molecule has 2 fully saturated rings. The topological polar surface area (TPSA) is 57.7 Å². The van der Waals surface area contributed by atoms with Crippen molar-refractivity contribution in [1.29, 1.82) is 0 Å². The number of benzene rings is 2. The molecule has 0 saturated carbocycles. The van der Waals surface area contributed by atoms with Crippen molar-refractivity contribution < 1.29 is 13.2 Å². The van der Waals surface area contributed by atoms with Gasteiger partial charge in [-0.2, -0.15) is 4.31 Å². The lowest BCUT2D eigenvalue weighted by molar-refractivity contribution is 0.0605. The Hall–Kier alpha value is -1.83. The average molecular weight is 417 g/mol. The fourth-order valence-corrected chi connectivity index (χ4v) is 6.88. The lowest BCUT2D eigenvalue weighted by Crippen LogP contribution is -2.53. The van der Waals surface area contributed by atoms with Crippen LogP contribution in [0.3, 0.4) is 0 Å². The van der Waals surface area contributed by atoms with Gasteiger partial charge in [0, 0.05) is 31.0 Å². The van der Waals surface area contributed by atoms with E-state index in [2.05, 4.69) is 0 Å². The van der Waals surface area contributed by atoms with Crippen LogP contribution in [0.15, 0.2) is 59.5 Å². The van der Waals surface area contributed by atoms with E-state index in [0.717, 1.165) is 11.3 Å². The molecule has 0 aliphatic carbocycles. The Kier molecular flexibility index (Phi) is 5.24. The number of piperidine rings is 1. The third-order valence-corrected chi connectivity index (χ3v) is 9.07. The standard InChI is InChI=1S/C21H24N2O3S2/c1-17-7-9-19(10-8-17)28(25,26)22-13-11-21(12-14-22)23(15-16-27-21)20(24)18-5-3-2-4-6-18/h2-10H,11-16H2,1H3. The molecule has 2 aliphatic heterocycles. The third-order valence-electron chi connectivity index (χ3n) is 5.61. The third kappa shape index (κ3) is 3.47. The maximum Gasteiger partial charge on any atom is 0.254 e. The van der Waals surface area contributed by atoms with Crippen LogP contribution in [0.4, 0.5) is 0 Å². The Bertz CT molecular complexity index is 951. The van der Waals surface area contributed by atoms with Crippen LogP contribution in [0.25, 0.3) is 0 Å². The Labute approximate surface area is 170 Å². The first-order valence-corrected chi connectivity index (χ1v) is 11.9. The molecular formula is C21H24N2O3S2. The van der Waals surface area contributed by atoms with Crippen molar-refractivity contribution in [2.45, 2.75) is 29.5 Å². The number of thioether (sulfide) groups is 1. The minimum absolute atomic E-state index is 0.0421. The van der Waals surface area contributed by atoms with E-state index >= 15 is 0 Å². The van der Waals surface area contributed by atoms with Crippen LogP contribution >= 0.6 is 11.8 Å². The van der Waals surface area contributed by atoms with Gasteiger partial charge in [0.05, 0.1) is 9.77 Å². The maximum atomic E-state index is 13.0. The van der Waals surface area contributed by atoms with Crippen molar-refractivity contribution in [2.75, 3.05) is 25.4 Å². The van der Waals surface area contributed by atoms with Gasteiger partial charge < -0.3 is 4.90 Å². The molecule has 4 rings (SSSR count). The number of amides is 1. The van der Waals surface area contributed by atoms with Crippen molar-refractivity contribution in [3.63, 3.8) is 0 Å². The Morgan fingerprint density at radius 2 is 1.61 bits per heavy atom. The van der Waals surface area contributed by atoms with Gasteiger partial charge in [-0.15, -0.1) is 11.8 Å². The second kappa shape index (κ2) is 7.54. The highest BCUT2D eigenvalue weighted by Crippen LogP contribution is 2.45. The monoisotopic (exact) mass is 416 g/mol. The summed E-state index contributed by atoms with van der Waals surface area (Å²) in [5.74, 6) is 0.934. The molecule has 2 saturated heterocycles. The predicted molar refractivity (Wildman–Crippen MR) is 112 cm³/mol. The summed E-state index contributed by atoms with van der Waals surface area (Å²) in [6.45, 7) is 3.52. The summed E-state index contributed by atoms with van der Waals surface area (Å²) in [6, 6.07) is 16.3. The Balaban J connectivity index is 1.51. The predicted octanol–water partition coefficient (Wildman–Crippen LogP) is 3.37. The van der Waals surface area contributed by atoms with Crippen LogP contribution in [0.2, 0.25) is 0 Å². The van der Waals surface area contributed by atoms with Crippen LogP contribution in [0.5, 0.6) is 0 Å². The zero-order valence-electron chi connectivity index (χ0n) is 15.9. The van der Waals surface area contributed by atoms with Crippen molar-refractivity contribution in [3.05, 3.63) is 65.7 Å². The number of carbonyl (C=O) groups excluding carboxylic acids is 1. The Morgan fingerprint density at radius 3 is 2.25 bits per heavy atom. The highest BCUT2D eigenvalue weighted by molar-refractivity contribution is 8.00. The molecule has 0 unspecified atom stereocenters. The minimum atomic E-state index is -3.49. The largest absolute Gasteiger partial charge is 0.323 e. The molecule has 0 radical (unpaired) electrons. The molecule has 2 aliphatic rings. The van der Waals surface area contributed by atoms with Gasteiger partial charge in [-0.05, 0) is 44.0 Å². The number of carbonyl (C=O) groups is 1. The Morgan fingerprint density at radius 1 is 0.964 bits per heavy atom. The summed E-state index contributed by atoms with van der Waals surface area (Å²) in [6.07, 6.45) is 1.31. The van der Waals surface area contributed by atoms with Crippen molar-refractivity contribution in [3.8, 4) is 0 Å². The summed E-state index contributed by atoms with van der Waals surface area (Å²) in [5.41, 5.74) is 1.73. The van der Waals surface area contributed by atoms with E-state index in [1.807, 2.05) is 54.3 Å². The van der Waals surface area contributed by atoms with Crippen LogP contribution in [0, 0.1) is 6.92 Å². The summed E-state index contributed by atoms with van der Waals surface area (Å²) in [4.78, 5) is 15.0. The molecule has 0 bridgehead atoms. The molecule has 2 aromatic carbocycles. The average Bonchev–Trinajstić information content (AvgIpc) is 3.11. The van der Waals surface area contributed by atoms with E-state index < -0.39 is 10.0 Å². The fourth-order valence-electron chi connectivity index (χ4n) is 3.98. The number of sulfonamides is 1. The molecule has 148 valence electrons. The molecular weight excluding hydrogens is 392 g/mol. The maximum absolute atomic E-state index is 13.0. The molecule has 1 spiro atoms. The minimum Gasteiger partial charge on any atom is -0.323 e. The number of nitrogens with zero attached hydrogens (tertiary/aromatic N) is 2. The van der Waals surface area contributed by atoms with Crippen molar-refractivity contribution in [2.24, 2.45) is 0 Å². The van der Waals surface area contributed by atoms with Gasteiger partial charge in [-0.25, -0.2) is 8.42 Å². The summed E-state index contributed by atoms with van der Waals surface area (Å²) < 4.78 is 27.5. The van der Waals surface area contributed by atoms with Gasteiger partial charge >= 0.3 is 0 Å². The van der Waals surface area contributed by atoms with Crippen LogP contribution in [0.1, 0.15) is 28.8 Å². The van der Waals surface area contributed by atoms with E-state index in [-0.39, 0.29) is 10.8 Å². The van der Waals surface area contributed by atoms with Crippen LogP contribution < -0.4 is 0 Å². The van der Waals surface area contributed by atoms with Gasteiger partial charge in [0.15, 0.2) is 0 Å². The zero-order chi connectivity index (χ0) is 19.8. The van der Waals surface area contributed by atoms with E-state index in [4.69, 9.17) is 0 Å². The normalized spacial score (nSPS) is 19.8. The number of hydrogen-bond acceptors (Lipinski definition) is 4. The molecule has 7 heteroatoms. The van der Waals surface area contributed by atoms with Gasteiger partial charge in [0.25, 0.3) is 5.91 Å². The number of rotatable bonds is 3. The number of hydrogen-bond donors (Lipinski definition) is 0. The van der Waals surface area contributed by atoms with Gasteiger partial charge in [-0.1, -0.05) is 35.9 Å². The van der Waals surface area contributed by atoms with Gasteiger partial charge in [0.2, 0.25) is 10.0 Å². The molecule has 28 heavy (non-hydrogen) atoms. The van der Waals surface area contributed by atoms with Gasteiger partial charge in [0.1, 0.15) is 0 Å². The molecule has 0 N–H and O–H groups in total. The second-order valence-electron chi connectivity index (χ2n) is 7.33. The lowest BCUT2D eigenvalue weighted by Gasteiger charge is -2.43. The molecule has 2 heterocycles. The van der Waals surface area contributed by atoms with Crippen molar-refractivity contribution in [1.82, 2.24) is 9.21 Å². The molecule has 2 aromatic rings. The van der Waals surface area contributed by atoms with E-state index in [9.17, 15) is 13.2 Å². The molecule has 1 amide bonds. The van der Waals surface area contributed by atoms with Crippen LogP contribution in [-0.4, -0.2) is 53.8 Å². The molecule has 5 nitrogen and oxygen atoms in total. The van der Waals surface area contributed by atoms with Gasteiger partial charge in [-0.3, -0.25) is 4.79 Å². The second-order valence-corrected chi connectivity index (χ2v) is 10.7. The van der Waals surface area contributed by atoms with E-state index in [0.29, 0.717) is 42.9 Å². The quantitative estimate of drug-likeness (QED) is 0.770. The zero-order valence-corrected chi connectivity index (χ0v) is 17.5. The highest BCUT2D eigenvalue weighted by atomic mass is 32.2. The lowest BCUT2D eigenvalue weighted by atomic mass is 10.0.